The lowest BCUT2D eigenvalue weighted by atomic mass is 10.1. The molecule has 0 radical (unpaired) electrons. The zero-order valence-corrected chi connectivity index (χ0v) is 10.9. The fourth-order valence-electron chi connectivity index (χ4n) is 2.26. The average molecular weight is 288 g/mol. The minimum atomic E-state index is -1.16. The molecule has 1 saturated heterocycles. The van der Waals surface area contributed by atoms with Gasteiger partial charge in [-0.1, -0.05) is 6.07 Å². The SMILES string of the molecule is O=C1CN(C(=O)c2cn3ccccc3n2)C(C(=O)O)CN1. The molecule has 0 saturated carbocycles. The minimum Gasteiger partial charge on any atom is -0.480 e. The van der Waals surface area contributed by atoms with E-state index in [1.54, 1.807) is 28.8 Å². The van der Waals surface area contributed by atoms with Crippen LogP contribution < -0.4 is 5.32 Å². The number of rotatable bonds is 2. The highest BCUT2D eigenvalue weighted by Gasteiger charge is 2.36. The number of nitrogens with one attached hydrogen (secondary N) is 1. The van der Waals surface area contributed by atoms with Gasteiger partial charge in [0.15, 0.2) is 0 Å². The molecule has 1 atom stereocenters. The maximum atomic E-state index is 12.4. The summed E-state index contributed by atoms with van der Waals surface area (Å²) in [5.74, 6) is -2.11. The summed E-state index contributed by atoms with van der Waals surface area (Å²) in [5, 5.41) is 11.6. The summed E-state index contributed by atoms with van der Waals surface area (Å²) in [4.78, 5) is 40.3. The van der Waals surface area contributed by atoms with E-state index in [4.69, 9.17) is 5.11 Å². The van der Waals surface area contributed by atoms with Crippen molar-refractivity contribution in [2.75, 3.05) is 13.1 Å². The molecule has 2 aromatic rings. The van der Waals surface area contributed by atoms with Crippen molar-refractivity contribution in [2.24, 2.45) is 0 Å². The third-order valence-electron chi connectivity index (χ3n) is 3.31. The number of hydrogen-bond acceptors (Lipinski definition) is 4. The van der Waals surface area contributed by atoms with Crippen LogP contribution in [-0.4, -0.2) is 56.3 Å². The first-order valence-corrected chi connectivity index (χ1v) is 6.30. The molecule has 8 nitrogen and oxygen atoms in total. The van der Waals surface area contributed by atoms with Gasteiger partial charge in [-0.25, -0.2) is 9.78 Å². The molecule has 0 spiro atoms. The van der Waals surface area contributed by atoms with Crippen molar-refractivity contribution in [3.63, 3.8) is 0 Å². The van der Waals surface area contributed by atoms with Gasteiger partial charge in [-0.3, -0.25) is 9.59 Å². The second kappa shape index (κ2) is 4.89. The highest BCUT2D eigenvalue weighted by Crippen LogP contribution is 2.12. The first kappa shape index (κ1) is 13.1. The Morgan fingerprint density at radius 1 is 1.38 bits per heavy atom. The van der Waals surface area contributed by atoms with Crippen molar-refractivity contribution in [1.29, 1.82) is 0 Å². The number of fused-ring (bicyclic) bond motifs is 1. The van der Waals surface area contributed by atoms with Crippen molar-refractivity contribution in [3.8, 4) is 0 Å². The van der Waals surface area contributed by atoms with Crippen LogP contribution in [0.3, 0.4) is 0 Å². The third-order valence-corrected chi connectivity index (χ3v) is 3.31. The van der Waals surface area contributed by atoms with Crippen LogP contribution in [0.4, 0.5) is 0 Å². The first-order valence-electron chi connectivity index (χ1n) is 6.30. The van der Waals surface area contributed by atoms with E-state index in [-0.39, 0.29) is 24.7 Å². The lowest BCUT2D eigenvalue weighted by Crippen LogP contribution is -2.59. The van der Waals surface area contributed by atoms with Crippen LogP contribution in [0.25, 0.3) is 5.65 Å². The third kappa shape index (κ3) is 2.31. The van der Waals surface area contributed by atoms with E-state index >= 15 is 0 Å². The molecule has 2 amide bonds. The van der Waals surface area contributed by atoms with Crippen LogP contribution >= 0.6 is 0 Å². The molecule has 1 aliphatic heterocycles. The lowest BCUT2D eigenvalue weighted by Gasteiger charge is -2.32. The molecule has 2 aromatic heterocycles. The lowest BCUT2D eigenvalue weighted by molar-refractivity contribution is -0.144. The van der Waals surface area contributed by atoms with E-state index in [0.29, 0.717) is 5.65 Å². The van der Waals surface area contributed by atoms with E-state index in [9.17, 15) is 14.4 Å². The largest absolute Gasteiger partial charge is 0.480 e. The van der Waals surface area contributed by atoms with Crippen molar-refractivity contribution in [2.45, 2.75) is 6.04 Å². The Kier molecular flexibility index (Phi) is 3.05. The molecule has 0 aromatic carbocycles. The zero-order chi connectivity index (χ0) is 15.0. The molecule has 0 aliphatic carbocycles. The predicted octanol–water partition coefficient (Wildman–Crippen LogP) is -0.640. The summed E-state index contributed by atoms with van der Waals surface area (Å²) < 4.78 is 1.66. The molecule has 2 N–H and O–H groups in total. The number of amides is 2. The number of nitrogens with zero attached hydrogens (tertiary/aromatic N) is 3. The van der Waals surface area contributed by atoms with Crippen LogP contribution in [0.15, 0.2) is 30.6 Å². The fraction of sp³-hybridized carbons (Fsp3) is 0.231. The number of carboxylic acids is 1. The predicted molar refractivity (Wildman–Crippen MR) is 70.7 cm³/mol. The normalized spacial score (nSPS) is 18.6. The molecule has 1 aliphatic rings. The van der Waals surface area contributed by atoms with Gasteiger partial charge < -0.3 is 19.7 Å². The Labute approximate surface area is 119 Å². The number of aliphatic carboxylic acids is 1. The number of hydrogen-bond donors (Lipinski definition) is 2. The molecular formula is C13H12N4O4. The maximum absolute atomic E-state index is 12.4. The van der Waals surface area contributed by atoms with Gasteiger partial charge in [-0.15, -0.1) is 0 Å². The van der Waals surface area contributed by atoms with E-state index in [0.717, 1.165) is 4.90 Å². The quantitative estimate of drug-likeness (QED) is 0.765. The smallest absolute Gasteiger partial charge is 0.328 e. The highest BCUT2D eigenvalue weighted by molar-refractivity contribution is 5.99. The van der Waals surface area contributed by atoms with Crippen molar-refractivity contribution in [1.82, 2.24) is 19.6 Å². The molecule has 3 rings (SSSR count). The Bertz CT molecular complexity index is 706. The number of aromatic nitrogens is 2. The van der Waals surface area contributed by atoms with Gasteiger partial charge in [-0.2, -0.15) is 0 Å². The average Bonchev–Trinajstić information content (AvgIpc) is 2.89. The van der Waals surface area contributed by atoms with Gasteiger partial charge in [0.1, 0.15) is 23.9 Å². The molecule has 8 heteroatoms. The second-order valence-corrected chi connectivity index (χ2v) is 4.68. The van der Waals surface area contributed by atoms with Crippen LogP contribution in [0.2, 0.25) is 0 Å². The second-order valence-electron chi connectivity index (χ2n) is 4.68. The fourth-order valence-corrected chi connectivity index (χ4v) is 2.26. The van der Waals surface area contributed by atoms with Crippen LogP contribution in [0.1, 0.15) is 10.5 Å². The highest BCUT2D eigenvalue weighted by atomic mass is 16.4. The Balaban J connectivity index is 1.94. The van der Waals surface area contributed by atoms with Crippen molar-refractivity contribution >= 4 is 23.4 Å². The van der Waals surface area contributed by atoms with Crippen LogP contribution in [0, 0.1) is 0 Å². The van der Waals surface area contributed by atoms with Gasteiger partial charge in [0.05, 0.1) is 0 Å². The van der Waals surface area contributed by atoms with Crippen LogP contribution in [0.5, 0.6) is 0 Å². The van der Waals surface area contributed by atoms with Gasteiger partial charge in [-0.05, 0) is 12.1 Å². The van der Waals surface area contributed by atoms with Crippen molar-refractivity contribution < 1.29 is 19.5 Å². The molecule has 1 fully saturated rings. The number of piperazine rings is 1. The summed E-state index contributed by atoms with van der Waals surface area (Å²) in [6, 6.07) is 4.22. The number of carbonyl (C=O) groups excluding carboxylic acids is 2. The molecule has 108 valence electrons. The Hall–Kier alpha value is -2.90. The topological polar surface area (TPSA) is 104 Å². The number of carboxylic acid groups (broad SMARTS) is 1. The van der Waals surface area contributed by atoms with E-state index in [1.165, 1.54) is 6.20 Å². The number of imidazole rings is 1. The molecule has 21 heavy (non-hydrogen) atoms. The minimum absolute atomic E-state index is 0.104. The summed E-state index contributed by atoms with van der Waals surface area (Å²) in [5.41, 5.74) is 0.691. The van der Waals surface area contributed by atoms with E-state index < -0.39 is 17.9 Å². The van der Waals surface area contributed by atoms with Gasteiger partial charge >= 0.3 is 5.97 Å². The number of pyridine rings is 1. The van der Waals surface area contributed by atoms with Gasteiger partial charge in [0.25, 0.3) is 5.91 Å². The summed E-state index contributed by atoms with van der Waals surface area (Å²) >= 11 is 0. The summed E-state index contributed by atoms with van der Waals surface area (Å²) in [6.45, 7) is -0.392. The molecule has 3 heterocycles. The zero-order valence-electron chi connectivity index (χ0n) is 10.9. The van der Waals surface area contributed by atoms with Gasteiger partial charge in [0, 0.05) is 18.9 Å². The summed E-state index contributed by atoms with van der Waals surface area (Å²) in [7, 11) is 0. The monoisotopic (exact) mass is 288 g/mol. The molecule has 0 bridgehead atoms. The number of carbonyl (C=O) groups is 3. The molecule has 1 unspecified atom stereocenters. The Morgan fingerprint density at radius 2 is 2.19 bits per heavy atom. The molecular weight excluding hydrogens is 276 g/mol. The maximum Gasteiger partial charge on any atom is 0.328 e. The Morgan fingerprint density at radius 3 is 2.90 bits per heavy atom. The van der Waals surface area contributed by atoms with E-state index in [1.807, 2.05) is 0 Å². The van der Waals surface area contributed by atoms with Crippen molar-refractivity contribution in [3.05, 3.63) is 36.3 Å². The standard InChI is InChI=1S/C13H12N4O4/c18-11-7-17(9(5-14-11)13(20)21)12(19)8-6-16-4-2-1-3-10(16)15-8/h1-4,6,9H,5,7H2,(H,14,18)(H,20,21). The summed E-state index contributed by atoms with van der Waals surface area (Å²) in [6.07, 6.45) is 3.25. The van der Waals surface area contributed by atoms with E-state index in [2.05, 4.69) is 10.3 Å². The van der Waals surface area contributed by atoms with Gasteiger partial charge in [0.2, 0.25) is 5.91 Å². The first-order chi connectivity index (χ1) is 10.1. The van der Waals surface area contributed by atoms with Crippen LogP contribution in [-0.2, 0) is 9.59 Å².